The van der Waals surface area contributed by atoms with Gasteiger partial charge in [0.1, 0.15) is 35.8 Å². The van der Waals surface area contributed by atoms with Gasteiger partial charge < -0.3 is 39.1 Å². The molecule has 0 spiro atoms. The molecule has 4 rings (SSSR count). The summed E-state index contributed by atoms with van der Waals surface area (Å²) in [5, 5.41) is 39.9. The Kier molecular flexibility index (Phi) is 6.96. The van der Waals surface area contributed by atoms with Crippen LogP contribution in [-0.4, -0.2) is 64.8 Å². The SMILES string of the molecule is COc1cc(CCc2cc(=O)c3ccccc3o2)ccc1OC1O[C@H](CO)[C@@H](O)[C@H](O)[C@H]1O. The third kappa shape index (κ3) is 4.87. The number of rotatable bonds is 7. The molecule has 0 bridgehead atoms. The van der Waals surface area contributed by atoms with Crippen molar-refractivity contribution in [3.05, 3.63) is 70.1 Å². The van der Waals surface area contributed by atoms with Gasteiger partial charge in [-0.15, -0.1) is 0 Å². The van der Waals surface area contributed by atoms with Gasteiger partial charge in [-0.3, -0.25) is 4.79 Å². The van der Waals surface area contributed by atoms with Crippen LogP contribution in [0.25, 0.3) is 11.0 Å². The zero-order chi connectivity index (χ0) is 23.5. The van der Waals surface area contributed by atoms with E-state index in [1.807, 2.05) is 6.07 Å². The van der Waals surface area contributed by atoms with Gasteiger partial charge in [0.05, 0.1) is 19.1 Å². The highest BCUT2D eigenvalue weighted by Crippen LogP contribution is 2.32. The Hall–Kier alpha value is -2.95. The van der Waals surface area contributed by atoms with Gasteiger partial charge in [0.25, 0.3) is 0 Å². The lowest BCUT2D eigenvalue weighted by Gasteiger charge is -2.39. The van der Waals surface area contributed by atoms with Crippen molar-refractivity contribution in [2.75, 3.05) is 13.7 Å². The van der Waals surface area contributed by atoms with Crippen molar-refractivity contribution in [3.63, 3.8) is 0 Å². The second-order valence-electron chi connectivity index (χ2n) is 7.87. The van der Waals surface area contributed by atoms with Crippen LogP contribution < -0.4 is 14.9 Å². The first-order valence-electron chi connectivity index (χ1n) is 10.6. The Morgan fingerprint density at radius 3 is 2.48 bits per heavy atom. The molecule has 9 heteroatoms. The summed E-state index contributed by atoms with van der Waals surface area (Å²) < 4.78 is 22.3. The standard InChI is InChI=1S/C24H26O9/c1-30-19-10-13(6-8-14-11-16(26)15-4-2-3-5-17(15)31-14)7-9-18(19)32-24-23(29)22(28)21(27)20(12-25)33-24/h2-5,7,9-11,20-25,27-29H,6,8,12H2,1H3/t20-,21-,22+,23-,24?/m1/s1. The summed E-state index contributed by atoms with van der Waals surface area (Å²) in [6.07, 6.45) is -5.86. The molecule has 0 amide bonds. The van der Waals surface area contributed by atoms with Crippen molar-refractivity contribution in [3.8, 4) is 11.5 Å². The lowest BCUT2D eigenvalue weighted by molar-refractivity contribution is -0.277. The Labute approximate surface area is 189 Å². The van der Waals surface area contributed by atoms with Crippen LogP contribution in [0.2, 0.25) is 0 Å². The van der Waals surface area contributed by atoms with Gasteiger partial charge in [-0.25, -0.2) is 0 Å². The third-order valence-electron chi connectivity index (χ3n) is 5.67. The summed E-state index contributed by atoms with van der Waals surface area (Å²) in [6, 6.07) is 13.8. The van der Waals surface area contributed by atoms with Gasteiger partial charge in [-0.1, -0.05) is 18.2 Å². The van der Waals surface area contributed by atoms with E-state index in [2.05, 4.69) is 0 Å². The molecule has 1 aliphatic heterocycles. The summed E-state index contributed by atoms with van der Waals surface area (Å²) in [5.74, 6) is 1.19. The van der Waals surface area contributed by atoms with E-state index in [1.54, 1.807) is 36.4 Å². The second kappa shape index (κ2) is 9.90. The Bertz CT molecular complexity index is 1160. The fourth-order valence-corrected chi connectivity index (χ4v) is 3.80. The van der Waals surface area contributed by atoms with Gasteiger partial charge in [0.15, 0.2) is 16.9 Å². The van der Waals surface area contributed by atoms with E-state index in [0.29, 0.717) is 35.3 Å². The highest BCUT2D eigenvalue weighted by molar-refractivity contribution is 5.76. The molecular formula is C24H26O9. The molecule has 9 nitrogen and oxygen atoms in total. The molecule has 0 saturated carbocycles. The summed E-state index contributed by atoms with van der Waals surface area (Å²) in [4.78, 5) is 12.3. The largest absolute Gasteiger partial charge is 0.493 e. The lowest BCUT2D eigenvalue weighted by atomic mass is 9.99. The zero-order valence-electron chi connectivity index (χ0n) is 18.0. The van der Waals surface area contributed by atoms with Crippen molar-refractivity contribution in [1.29, 1.82) is 0 Å². The molecule has 1 fully saturated rings. The molecule has 2 aromatic carbocycles. The fourth-order valence-electron chi connectivity index (χ4n) is 3.80. The number of hydrogen-bond donors (Lipinski definition) is 4. The molecule has 4 N–H and O–H groups in total. The van der Waals surface area contributed by atoms with Crippen molar-refractivity contribution >= 4 is 11.0 Å². The number of ether oxygens (including phenoxy) is 3. The minimum Gasteiger partial charge on any atom is -0.493 e. The van der Waals surface area contributed by atoms with Crippen molar-refractivity contribution < 1.29 is 39.1 Å². The number of aliphatic hydroxyl groups is 4. The highest BCUT2D eigenvalue weighted by Gasteiger charge is 2.44. The monoisotopic (exact) mass is 458 g/mol. The minimum atomic E-state index is -1.54. The molecule has 2 heterocycles. The Balaban J connectivity index is 1.47. The topological polar surface area (TPSA) is 139 Å². The third-order valence-corrected chi connectivity index (χ3v) is 5.67. The van der Waals surface area contributed by atoms with Crippen LogP contribution in [0, 0.1) is 0 Å². The van der Waals surface area contributed by atoms with Crippen LogP contribution in [0.3, 0.4) is 0 Å². The normalized spacial score (nSPS) is 25.2. The molecule has 5 atom stereocenters. The molecule has 1 unspecified atom stereocenters. The smallest absolute Gasteiger partial charge is 0.229 e. The quantitative estimate of drug-likeness (QED) is 0.404. The number of para-hydroxylation sites is 1. The molecule has 33 heavy (non-hydrogen) atoms. The fraction of sp³-hybridized carbons (Fsp3) is 0.375. The van der Waals surface area contributed by atoms with E-state index in [1.165, 1.54) is 13.2 Å². The van der Waals surface area contributed by atoms with Crippen LogP contribution in [0.1, 0.15) is 11.3 Å². The summed E-state index contributed by atoms with van der Waals surface area (Å²) >= 11 is 0. The van der Waals surface area contributed by atoms with E-state index in [9.17, 15) is 25.2 Å². The minimum absolute atomic E-state index is 0.0901. The van der Waals surface area contributed by atoms with E-state index in [0.717, 1.165) is 5.56 Å². The molecule has 1 aliphatic rings. The average Bonchev–Trinajstić information content (AvgIpc) is 2.83. The average molecular weight is 458 g/mol. The molecule has 1 saturated heterocycles. The molecule has 0 aliphatic carbocycles. The van der Waals surface area contributed by atoms with Gasteiger partial charge in [-0.2, -0.15) is 0 Å². The van der Waals surface area contributed by atoms with E-state index < -0.39 is 37.3 Å². The number of aliphatic hydroxyl groups excluding tert-OH is 4. The maximum absolute atomic E-state index is 12.3. The van der Waals surface area contributed by atoms with E-state index in [4.69, 9.17) is 18.6 Å². The van der Waals surface area contributed by atoms with Crippen LogP contribution >= 0.6 is 0 Å². The first kappa shape index (κ1) is 23.2. The van der Waals surface area contributed by atoms with Crippen LogP contribution in [0.5, 0.6) is 11.5 Å². The van der Waals surface area contributed by atoms with Crippen LogP contribution in [-0.2, 0) is 17.6 Å². The molecule has 1 aromatic heterocycles. The molecule has 3 aromatic rings. The second-order valence-corrected chi connectivity index (χ2v) is 7.87. The van der Waals surface area contributed by atoms with Crippen molar-refractivity contribution in [2.24, 2.45) is 0 Å². The van der Waals surface area contributed by atoms with Gasteiger partial charge >= 0.3 is 0 Å². The number of hydrogen-bond acceptors (Lipinski definition) is 9. The highest BCUT2D eigenvalue weighted by atomic mass is 16.7. The lowest BCUT2D eigenvalue weighted by Crippen LogP contribution is -2.60. The maximum Gasteiger partial charge on any atom is 0.229 e. The van der Waals surface area contributed by atoms with Crippen molar-refractivity contribution in [2.45, 2.75) is 43.5 Å². The van der Waals surface area contributed by atoms with Gasteiger partial charge in [0, 0.05) is 12.5 Å². The number of aryl methyl sites for hydroxylation is 2. The van der Waals surface area contributed by atoms with Crippen molar-refractivity contribution in [1.82, 2.24) is 0 Å². The van der Waals surface area contributed by atoms with E-state index >= 15 is 0 Å². The first-order valence-corrected chi connectivity index (χ1v) is 10.6. The van der Waals surface area contributed by atoms with Crippen LogP contribution in [0.4, 0.5) is 0 Å². The zero-order valence-corrected chi connectivity index (χ0v) is 18.0. The predicted octanol–water partition coefficient (Wildman–Crippen LogP) is 0.765. The molecular weight excluding hydrogens is 432 g/mol. The number of fused-ring (bicyclic) bond motifs is 1. The number of methoxy groups -OCH3 is 1. The number of benzene rings is 2. The molecule has 176 valence electrons. The Morgan fingerprint density at radius 1 is 0.939 bits per heavy atom. The van der Waals surface area contributed by atoms with E-state index in [-0.39, 0.29) is 11.2 Å². The van der Waals surface area contributed by atoms with Gasteiger partial charge in [0.2, 0.25) is 6.29 Å². The Morgan fingerprint density at radius 2 is 1.73 bits per heavy atom. The maximum atomic E-state index is 12.3. The first-order chi connectivity index (χ1) is 15.9. The predicted molar refractivity (Wildman–Crippen MR) is 117 cm³/mol. The summed E-state index contributed by atoms with van der Waals surface area (Å²) in [6.45, 7) is -0.550. The summed E-state index contributed by atoms with van der Waals surface area (Å²) in [5.41, 5.74) is 1.34. The van der Waals surface area contributed by atoms with Crippen LogP contribution in [0.15, 0.2) is 57.7 Å². The summed E-state index contributed by atoms with van der Waals surface area (Å²) in [7, 11) is 1.46. The molecule has 0 radical (unpaired) electrons. The van der Waals surface area contributed by atoms with Gasteiger partial charge in [-0.05, 0) is 36.2 Å².